The molecular weight excluding hydrogens is 316 g/mol. The molecule has 1 N–H and O–H groups in total. The van der Waals surface area contributed by atoms with Crippen LogP contribution in [0.25, 0.3) is 10.9 Å². The maximum Gasteiger partial charge on any atom is 0.328 e. The smallest absolute Gasteiger partial charge is 0.328 e. The molecule has 0 aliphatic carbocycles. The van der Waals surface area contributed by atoms with E-state index < -0.39 is 12.0 Å². The van der Waals surface area contributed by atoms with Gasteiger partial charge in [0.05, 0.1) is 12.6 Å². The molecule has 0 aliphatic heterocycles. The largest absolute Gasteiger partial charge is 0.467 e. The third-order valence-corrected chi connectivity index (χ3v) is 3.91. The van der Waals surface area contributed by atoms with Gasteiger partial charge in [0.1, 0.15) is 6.04 Å². The summed E-state index contributed by atoms with van der Waals surface area (Å²) in [4.78, 5) is 28.8. The molecule has 1 amide bonds. The van der Waals surface area contributed by atoms with Crippen molar-refractivity contribution in [2.45, 2.75) is 12.5 Å². The number of esters is 1. The van der Waals surface area contributed by atoms with Crippen molar-refractivity contribution < 1.29 is 14.3 Å². The fraction of sp³-hybridized carbons (Fsp3) is 0.150. The number of para-hydroxylation sites is 1. The van der Waals surface area contributed by atoms with Crippen LogP contribution in [0.2, 0.25) is 0 Å². The van der Waals surface area contributed by atoms with Gasteiger partial charge in [0.2, 0.25) is 0 Å². The number of carbonyl (C=O) groups excluding carboxylic acids is 2. The van der Waals surface area contributed by atoms with Gasteiger partial charge in [-0.15, -0.1) is 0 Å². The number of hydrogen-bond donors (Lipinski definition) is 1. The number of methoxy groups -OCH3 is 1. The average Bonchev–Trinajstić information content (AvgIpc) is 2.67. The summed E-state index contributed by atoms with van der Waals surface area (Å²) in [6, 6.07) is 17.7. The van der Waals surface area contributed by atoms with Crippen LogP contribution in [0.1, 0.15) is 15.9 Å². The first-order valence-electron chi connectivity index (χ1n) is 7.95. The summed E-state index contributed by atoms with van der Waals surface area (Å²) in [7, 11) is 1.31. The molecule has 0 radical (unpaired) electrons. The summed E-state index contributed by atoms with van der Waals surface area (Å²) in [6.07, 6.45) is 2.02. The minimum Gasteiger partial charge on any atom is -0.467 e. The van der Waals surface area contributed by atoms with Crippen molar-refractivity contribution in [2.75, 3.05) is 7.11 Å². The molecule has 25 heavy (non-hydrogen) atoms. The third-order valence-electron chi connectivity index (χ3n) is 3.91. The fourth-order valence-electron chi connectivity index (χ4n) is 2.63. The zero-order valence-electron chi connectivity index (χ0n) is 13.8. The van der Waals surface area contributed by atoms with Crippen LogP contribution in [0.3, 0.4) is 0 Å². The Labute approximate surface area is 145 Å². The number of rotatable bonds is 5. The van der Waals surface area contributed by atoms with E-state index in [0.717, 1.165) is 16.5 Å². The Morgan fingerprint density at radius 2 is 1.80 bits per heavy atom. The third kappa shape index (κ3) is 4.01. The van der Waals surface area contributed by atoms with Gasteiger partial charge in [-0.2, -0.15) is 0 Å². The highest BCUT2D eigenvalue weighted by Crippen LogP contribution is 2.14. The second-order valence-corrected chi connectivity index (χ2v) is 5.66. The second kappa shape index (κ2) is 7.57. The molecule has 2 aromatic carbocycles. The summed E-state index contributed by atoms with van der Waals surface area (Å²) < 4.78 is 4.83. The molecule has 0 fully saturated rings. The van der Waals surface area contributed by atoms with Crippen LogP contribution in [0.5, 0.6) is 0 Å². The molecule has 0 unspecified atom stereocenters. The average molecular weight is 334 g/mol. The van der Waals surface area contributed by atoms with E-state index in [1.54, 1.807) is 30.5 Å². The Morgan fingerprint density at radius 1 is 1.08 bits per heavy atom. The van der Waals surface area contributed by atoms with Crippen LogP contribution < -0.4 is 5.32 Å². The predicted octanol–water partition coefficient (Wildman–Crippen LogP) is 2.75. The number of benzene rings is 2. The van der Waals surface area contributed by atoms with Gasteiger partial charge in [-0.05, 0) is 29.8 Å². The van der Waals surface area contributed by atoms with Crippen molar-refractivity contribution in [1.82, 2.24) is 10.3 Å². The zero-order chi connectivity index (χ0) is 17.6. The Bertz CT molecular complexity index is 894. The molecule has 1 atom stereocenters. The van der Waals surface area contributed by atoms with Crippen molar-refractivity contribution in [3.8, 4) is 0 Å². The van der Waals surface area contributed by atoms with Crippen molar-refractivity contribution in [1.29, 1.82) is 0 Å². The van der Waals surface area contributed by atoms with Gasteiger partial charge in [-0.25, -0.2) is 4.79 Å². The first-order valence-corrected chi connectivity index (χ1v) is 7.95. The van der Waals surface area contributed by atoms with Crippen LogP contribution in [0.4, 0.5) is 0 Å². The van der Waals surface area contributed by atoms with Crippen molar-refractivity contribution in [3.05, 3.63) is 78.0 Å². The molecule has 5 nitrogen and oxygen atoms in total. The molecule has 3 rings (SSSR count). The number of aromatic nitrogens is 1. The highest BCUT2D eigenvalue weighted by Gasteiger charge is 2.22. The molecular formula is C20H18N2O3. The lowest BCUT2D eigenvalue weighted by Gasteiger charge is -2.17. The van der Waals surface area contributed by atoms with Crippen molar-refractivity contribution >= 4 is 22.8 Å². The number of pyridine rings is 1. The zero-order valence-corrected chi connectivity index (χ0v) is 13.8. The van der Waals surface area contributed by atoms with Crippen LogP contribution in [-0.2, 0) is 16.0 Å². The number of ether oxygens (including phenoxy) is 1. The van der Waals surface area contributed by atoms with Crippen molar-refractivity contribution in [2.24, 2.45) is 0 Å². The molecule has 0 saturated heterocycles. The molecule has 1 heterocycles. The Balaban J connectivity index is 1.80. The molecule has 0 aliphatic rings. The lowest BCUT2D eigenvalue weighted by atomic mass is 10.0. The standard InChI is InChI=1S/C20H18N2O3/c1-25-20(24)18(22-19(23)15-7-3-2-4-8-15)12-14-11-16-9-5-6-10-17(16)21-13-14/h2-11,13,18H,12H2,1H3,(H,22,23)/t18-/m0/s1. The maximum absolute atomic E-state index is 12.3. The molecule has 3 aromatic rings. The van der Waals surface area contributed by atoms with E-state index >= 15 is 0 Å². The number of hydrogen-bond acceptors (Lipinski definition) is 4. The lowest BCUT2D eigenvalue weighted by Crippen LogP contribution is -2.43. The molecule has 0 bridgehead atoms. The van der Waals surface area contributed by atoms with E-state index in [9.17, 15) is 9.59 Å². The van der Waals surface area contributed by atoms with E-state index in [1.165, 1.54) is 7.11 Å². The fourth-order valence-corrected chi connectivity index (χ4v) is 2.63. The predicted molar refractivity (Wildman–Crippen MR) is 95.2 cm³/mol. The van der Waals surface area contributed by atoms with E-state index in [0.29, 0.717) is 12.0 Å². The number of amides is 1. The second-order valence-electron chi connectivity index (χ2n) is 5.66. The van der Waals surface area contributed by atoms with E-state index in [1.807, 2.05) is 36.4 Å². The van der Waals surface area contributed by atoms with Crippen LogP contribution in [0, 0.1) is 0 Å². The molecule has 5 heteroatoms. The quantitative estimate of drug-likeness (QED) is 0.729. The molecule has 0 saturated carbocycles. The lowest BCUT2D eigenvalue weighted by molar-refractivity contribution is -0.142. The van der Waals surface area contributed by atoms with E-state index in [2.05, 4.69) is 10.3 Å². The van der Waals surface area contributed by atoms with E-state index in [-0.39, 0.29) is 5.91 Å². The van der Waals surface area contributed by atoms with Gasteiger partial charge >= 0.3 is 5.97 Å². The van der Waals surface area contributed by atoms with Gasteiger partial charge in [0, 0.05) is 23.6 Å². The molecule has 126 valence electrons. The minimum atomic E-state index is -0.777. The monoisotopic (exact) mass is 334 g/mol. The summed E-state index contributed by atoms with van der Waals surface area (Å²) in [5, 5.41) is 3.72. The summed E-state index contributed by atoms with van der Waals surface area (Å²) in [6.45, 7) is 0. The number of carbonyl (C=O) groups is 2. The number of nitrogens with zero attached hydrogens (tertiary/aromatic N) is 1. The number of fused-ring (bicyclic) bond motifs is 1. The summed E-state index contributed by atoms with van der Waals surface area (Å²) in [5.74, 6) is -0.804. The van der Waals surface area contributed by atoms with Gasteiger partial charge in [0.15, 0.2) is 0 Å². The van der Waals surface area contributed by atoms with Gasteiger partial charge < -0.3 is 10.1 Å². The number of nitrogens with one attached hydrogen (secondary N) is 1. The summed E-state index contributed by atoms with van der Waals surface area (Å²) in [5.41, 5.74) is 2.23. The van der Waals surface area contributed by atoms with Crippen molar-refractivity contribution in [3.63, 3.8) is 0 Å². The topological polar surface area (TPSA) is 68.3 Å². The highest BCUT2D eigenvalue weighted by atomic mass is 16.5. The molecule has 1 aromatic heterocycles. The Hall–Kier alpha value is -3.21. The van der Waals surface area contributed by atoms with Gasteiger partial charge in [-0.1, -0.05) is 36.4 Å². The van der Waals surface area contributed by atoms with Gasteiger partial charge in [-0.3, -0.25) is 9.78 Å². The Morgan fingerprint density at radius 3 is 2.56 bits per heavy atom. The molecule has 0 spiro atoms. The summed E-state index contributed by atoms with van der Waals surface area (Å²) >= 11 is 0. The minimum absolute atomic E-state index is 0.309. The van der Waals surface area contributed by atoms with Crippen LogP contribution in [-0.4, -0.2) is 30.0 Å². The normalized spacial score (nSPS) is 11.7. The Kier molecular flexibility index (Phi) is 5.04. The van der Waals surface area contributed by atoms with E-state index in [4.69, 9.17) is 4.74 Å². The van der Waals surface area contributed by atoms with Crippen LogP contribution in [0.15, 0.2) is 66.9 Å². The maximum atomic E-state index is 12.3. The highest BCUT2D eigenvalue weighted by molar-refractivity contribution is 5.96. The first-order chi connectivity index (χ1) is 12.2. The first kappa shape index (κ1) is 16.6. The van der Waals surface area contributed by atoms with Crippen LogP contribution >= 0.6 is 0 Å². The SMILES string of the molecule is COC(=O)[C@H](Cc1cnc2ccccc2c1)NC(=O)c1ccccc1. The van der Waals surface area contributed by atoms with Gasteiger partial charge in [0.25, 0.3) is 5.91 Å².